The molecule has 206 valence electrons. The quantitative estimate of drug-likeness (QED) is 0.383. The number of rotatable bonds is 4. The third-order valence-electron chi connectivity index (χ3n) is 8.17. The van der Waals surface area contributed by atoms with Gasteiger partial charge < -0.3 is 24.5 Å². The van der Waals surface area contributed by atoms with Crippen LogP contribution in [0.3, 0.4) is 0 Å². The highest BCUT2D eigenvalue weighted by Gasteiger charge is 2.47. The number of hydrogen-bond donors (Lipinski definition) is 2. The first kappa shape index (κ1) is 27.0. The number of halogens is 1. The molecule has 2 unspecified atom stereocenters. The molecule has 6 rings (SSSR count). The third-order valence-corrected chi connectivity index (χ3v) is 8.17. The lowest BCUT2D eigenvalue weighted by Gasteiger charge is -2.35. The molecule has 2 aliphatic heterocycles. The molecule has 3 aromatic rings. The van der Waals surface area contributed by atoms with Crippen molar-refractivity contribution in [2.24, 2.45) is 0 Å². The Labute approximate surface area is 225 Å². The highest BCUT2D eigenvalue weighted by atomic mass is 19.1. The summed E-state index contributed by atoms with van der Waals surface area (Å²) in [6.45, 7) is 6.92. The van der Waals surface area contributed by atoms with Gasteiger partial charge in [-0.3, -0.25) is 9.59 Å². The topological polar surface area (TPSA) is 120 Å². The molecule has 1 amide bonds. The van der Waals surface area contributed by atoms with Crippen LogP contribution in [0, 0.1) is 12.7 Å². The van der Waals surface area contributed by atoms with Crippen LogP contribution < -0.4 is 10.9 Å². The third kappa shape index (κ3) is 3.72. The summed E-state index contributed by atoms with van der Waals surface area (Å²) in [5.74, 6) is -1.44. The van der Waals surface area contributed by atoms with Crippen LogP contribution >= 0.6 is 0 Å². The standard InChI is InChI=1S/C27H26FN3O6.C2H6/c1-4-27(36-3)16-7-20-24-14(9-31(20)25(34)15(16)11-37-26(27)35)23-18(29-21(33)10-32)6-5-13-12(2)17(28)8-19(30-24)22(13)23;1-2/h7-8,18,32H,4-6,9-11H2,1-3H3,(H,29,33);1-2H3. The summed E-state index contributed by atoms with van der Waals surface area (Å²) in [7, 11) is 1.41. The second kappa shape index (κ2) is 9.84. The molecule has 0 fully saturated rings. The number of aliphatic hydroxyl groups excluding tert-OH is 1. The van der Waals surface area contributed by atoms with Crippen LogP contribution in [0.25, 0.3) is 22.3 Å². The fourth-order valence-electron chi connectivity index (χ4n) is 6.27. The minimum atomic E-state index is -1.41. The summed E-state index contributed by atoms with van der Waals surface area (Å²) in [6.07, 6.45) is 1.32. The minimum Gasteiger partial charge on any atom is -0.458 e. The summed E-state index contributed by atoms with van der Waals surface area (Å²) in [6, 6.07) is 2.71. The number of amides is 1. The van der Waals surface area contributed by atoms with Gasteiger partial charge in [-0.25, -0.2) is 14.2 Å². The predicted molar refractivity (Wildman–Crippen MR) is 142 cm³/mol. The second-order valence-electron chi connectivity index (χ2n) is 9.80. The summed E-state index contributed by atoms with van der Waals surface area (Å²) in [5, 5.41) is 13.0. The number of methoxy groups -OCH3 is 1. The fraction of sp³-hybridized carbons (Fsp3) is 0.448. The zero-order valence-corrected chi connectivity index (χ0v) is 22.7. The van der Waals surface area contributed by atoms with Gasteiger partial charge >= 0.3 is 5.97 Å². The predicted octanol–water partition coefficient (Wildman–Crippen LogP) is 3.30. The van der Waals surface area contributed by atoms with Gasteiger partial charge in [0.05, 0.1) is 35.1 Å². The Hall–Kier alpha value is -3.63. The number of fused-ring (bicyclic) bond motifs is 5. The minimum absolute atomic E-state index is 0.152. The maximum absolute atomic E-state index is 14.9. The van der Waals surface area contributed by atoms with Crippen molar-refractivity contribution < 1.29 is 28.6 Å². The van der Waals surface area contributed by atoms with Gasteiger partial charge in [0.1, 0.15) is 19.0 Å². The fourth-order valence-corrected chi connectivity index (χ4v) is 6.27. The lowest BCUT2D eigenvalue weighted by atomic mass is 9.81. The van der Waals surface area contributed by atoms with Crippen LogP contribution in [0.2, 0.25) is 0 Å². The average molecular weight is 538 g/mol. The summed E-state index contributed by atoms with van der Waals surface area (Å²) in [5.41, 5.74) is 3.43. The van der Waals surface area contributed by atoms with Crippen molar-refractivity contribution in [3.63, 3.8) is 0 Å². The van der Waals surface area contributed by atoms with Crippen molar-refractivity contribution in [1.29, 1.82) is 0 Å². The van der Waals surface area contributed by atoms with Gasteiger partial charge in [-0.2, -0.15) is 0 Å². The van der Waals surface area contributed by atoms with Crippen LogP contribution in [0.15, 0.2) is 16.9 Å². The Morgan fingerprint density at radius 3 is 2.69 bits per heavy atom. The van der Waals surface area contributed by atoms with E-state index in [2.05, 4.69) is 5.32 Å². The highest BCUT2D eigenvalue weighted by Crippen LogP contribution is 2.46. The van der Waals surface area contributed by atoms with E-state index in [0.717, 1.165) is 22.1 Å². The number of aryl methyl sites for hydroxylation is 1. The molecule has 4 heterocycles. The maximum atomic E-state index is 14.9. The number of hydrogen-bond acceptors (Lipinski definition) is 7. The Kier molecular flexibility index (Phi) is 6.80. The van der Waals surface area contributed by atoms with Crippen LogP contribution in [-0.2, 0) is 44.2 Å². The zero-order chi connectivity index (χ0) is 28.2. The number of cyclic esters (lactones) is 1. The number of benzene rings is 1. The van der Waals surface area contributed by atoms with E-state index in [9.17, 15) is 23.9 Å². The Balaban J connectivity index is 0.00000151. The molecule has 9 nitrogen and oxygen atoms in total. The molecule has 39 heavy (non-hydrogen) atoms. The lowest BCUT2D eigenvalue weighted by molar-refractivity contribution is -0.176. The molecule has 0 saturated carbocycles. The van der Waals surface area contributed by atoms with E-state index >= 15 is 0 Å². The number of aromatic nitrogens is 2. The molecule has 0 bridgehead atoms. The summed E-state index contributed by atoms with van der Waals surface area (Å²) < 4.78 is 27.5. The average Bonchev–Trinajstić information content (AvgIpc) is 3.32. The molecule has 0 spiro atoms. The largest absolute Gasteiger partial charge is 0.458 e. The molecular formula is C29H32FN3O6. The van der Waals surface area contributed by atoms with Gasteiger partial charge in [-0.15, -0.1) is 0 Å². The molecule has 3 aliphatic rings. The number of ether oxygens (including phenoxy) is 2. The molecule has 1 aliphatic carbocycles. The molecule has 2 atom stereocenters. The van der Waals surface area contributed by atoms with Crippen LogP contribution in [0.4, 0.5) is 4.39 Å². The van der Waals surface area contributed by atoms with Gasteiger partial charge in [0.25, 0.3) is 5.56 Å². The van der Waals surface area contributed by atoms with Crippen molar-refractivity contribution in [3.05, 3.63) is 61.7 Å². The monoisotopic (exact) mass is 537 g/mol. The van der Waals surface area contributed by atoms with Gasteiger partial charge in [-0.1, -0.05) is 20.8 Å². The normalized spacial score (nSPS) is 20.4. The number of carbonyl (C=O) groups excluding carboxylic acids is 2. The van der Waals surface area contributed by atoms with Crippen LogP contribution in [0.5, 0.6) is 0 Å². The van der Waals surface area contributed by atoms with Crippen molar-refractivity contribution in [2.45, 2.75) is 71.8 Å². The zero-order valence-electron chi connectivity index (χ0n) is 22.7. The molecule has 2 N–H and O–H groups in total. The summed E-state index contributed by atoms with van der Waals surface area (Å²) in [4.78, 5) is 43.5. The van der Waals surface area contributed by atoms with Crippen molar-refractivity contribution in [3.8, 4) is 11.4 Å². The lowest BCUT2D eigenvalue weighted by Crippen LogP contribution is -2.45. The summed E-state index contributed by atoms with van der Waals surface area (Å²) >= 11 is 0. The van der Waals surface area contributed by atoms with Crippen molar-refractivity contribution in [1.82, 2.24) is 14.9 Å². The van der Waals surface area contributed by atoms with E-state index in [1.807, 2.05) is 13.8 Å². The first-order valence-corrected chi connectivity index (χ1v) is 13.3. The molecule has 1 aromatic carbocycles. The molecule has 0 radical (unpaired) electrons. The first-order chi connectivity index (χ1) is 18.7. The van der Waals surface area contributed by atoms with E-state index in [1.54, 1.807) is 24.5 Å². The number of nitrogens with one attached hydrogen (secondary N) is 1. The smallest absolute Gasteiger partial charge is 0.343 e. The van der Waals surface area contributed by atoms with E-state index in [-0.39, 0.29) is 30.9 Å². The van der Waals surface area contributed by atoms with Gasteiger partial charge in [0.2, 0.25) is 5.91 Å². The van der Waals surface area contributed by atoms with Crippen molar-refractivity contribution in [2.75, 3.05) is 13.7 Å². The van der Waals surface area contributed by atoms with Gasteiger partial charge in [0, 0.05) is 29.7 Å². The molecule has 2 aromatic heterocycles. The number of carbonyl (C=O) groups is 2. The Morgan fingerprint density at radius 2 is 2.03 bits per heavy atom. The molecule has 10 heteroatoms. The molecule has 0 saturated heterocycles. The first-order valence-electron chi connectivity index (χ1n) is 13.3. The number of aliphatic hydroxyl groups is 1. The highest BCUT2D eigenvalue weighted by molar-refractivity contribution is 5.94. The SMILES string of the molecule is CC.CCC1(OC)C(=O)OCc2c1cc1n(c2=O)Cc2c-1nc1cc(F)c(C)c3c1c2C(NC(=O)CO)CC3. The Bertz CT molecular complexity index is 1590. The van der Waals surface area contributed by atoms with E-state index < -0.39 is 30.1 Å². The maximum Gasteiger partial charge on any atom is 0.343 e. The number of nitrogens with zero attached hydrogens (tertiary/aromatic N) is 2. The van der Waals surface area contributed by atoms with Gasteiger partial charge in [-0.05, 0) is 48.9 Å². The number of pyridine rings is 2. The van der Waals surface area contributed by atoms with Crippen LogP contribution in [0.1, 0.15) is 73.0 Å². The van der Waals surface area contributed by atoms with E-state index in [0.29, 0.717) is 46.4 Å². The second-order valence-corrected chi connectivity index (χ2v) is 9.80. The number of esters is 1. The van der Waals surface area contributed by atoms with Crippen molar-refractivity contribution >= 4 is 22.8 Å². The van der Waals surface area contributed by atoms with Gasteiger partial charge in [0.15, 0.2) is 5.60 Å². The van der Waals surface area contributed by atoms with E-state index in [1.165, 1.54) is 13.2 Å². The van der Waals surface area contributed by atoms with E-state index in [4.69, 9.17) is 14.5 Å². The molecular weight excluding hydrogens is 505 g/mol. The Morgan fingerprint density at radius 1 is 1.28 bits per heavy atom. The van der Waals surface area contributed by atoms with Crippen LogP contribution in [-0.4, -0.2) is 40.3 Å².